The summed E-state index contributed by atoms with van der Waals surface area (Å²) in [6, 6.07) is 0. The first-order valence-electron chi connectivity index (χ1n) is 31.2. The molecule has 0 radical (unpaired) electrons. The molecule has 0 aromatic heterocycles. The van der Waals surface area contributed by atoms with E-state index in [9.17, 15) is 9.59 Å². The zero-order valence-corrected chi connectivity index (χ0v) is 47.3. The maximum Gasteiger partial charge on any atom is 0.305 e. The number of hydrogen-bond acceptors (Lipinski definition) is 5. The molecule has 0 aliphatic heterocycles. The van der Waals surface area contributed by atoms with Crippen molar-refractivity contribution in [1.29, 1.82) is 0 Å². The van der Waals surface area contributed by atoms with E-state index in [2.05, 4.69) is 69.4 Å². The van der Waals surface area contributed by atoms with Gasteiger partial charge in [0.1, 0.15) is 19.3 Å². The first-order chi connectivity index (χ1) is 34.6. The fraction of sp³-hybridized carbons (Fsp3) is 0.846. The minimum atomic E-state index is -0.407. The molecule has 410 valence electrons. The monoisotopic (exact) mass is 981 g/mol. The Morgan fingerprint density at radius 2 is 0.586 bits per heavy atom. The fourth-order valence-corrected chi connectivity index (χ4v) is 9.24. The van der Waals surface area contributed by atoms with Crippen molar-refractivity contribution in [1.82, 2.24) is 0 Å². The van der Waals surface area contributed by atoms with Crippen molar-refractivity contribution in [3.63, 3.8) is 0 Å². The van der Waals surface area contributed by atoms with E-state index >= 15 is 0 Å². The molecule has 0 aromatic carbocycles. The molecule has 0 fully saturated rings. The molecule has 70 heavy (non-hydrogen) atoms. The largest absolute Gasteiger partial charge is 0.463 e. The highest BCUT2D eigenvalue weighted by Gasteiger charge is 2.16. The Bertz CT molecular complexity index is 1150. The Morgan fingerprint density at radius 1 is 0.314 bits per heavy atom. The van der Waals surface area contributed by atoms with Crippen molar-refractivity contribution in [2.24, 2.45) is 0 Å². The third-order valence-electron chi connectivity index (χ3n) is 13.9. The Balaban J connectivity index is 4.23. The van der Waals surface area contributed by atoms with E-state index in [0.29, 0.717) is 19.4 Å². The van der Waals surface area contributed by atoms with Crippen molar-refractivity contribution in [3.05, 3.63) is 48.6 Å². The normalized spacial score (nSPS) is 12.4. The summed E-state index contributed by atoms with van der Waals surface area (Å²) >= 11 is 0. The number of carbonyl (C=O) groups is 2. The SMILES string of the molecule is CC/C=C\C/C=C\C/C=C\C/C=C\CCCCCCC(=O)OC[C@H](COC(=O)CCCCCCCCCCCCCCCCCCCCCCC)OCCCCCCCCCCCCCCCCCC. The third-order valence-corrected chi connectivity index (χ3v) is 13.9. The van der Waals surface area contributed by atoms with E-state index in [1.54, 1.807) is 0 Å². The standard InChI is InChI=1S/C65H120O5/c1-4-7-10-13-16-19-22-25-28-31-32-33-34-36-38-41-44-47-50-53-56-59-65(67)70-62-63(68-60-57-54-51-48-45-42-39-30-27-24-21-18-15-12-9-6-3)61-69-64(66)58-55-52-49-46-43-40-37-35-29-26-23-20-17-14-11-8-5-2/h8,11,17,20,26,29,37,40,63H,4-7,9-10,12-16,18-19,21-25,27-28,30-36,38-39,41-62H2,1-3H3/b11-8-,20-17-,29-26-,40-37-/t63-/m1/s1. The molecular formula is C65H120O5. The lowest BCUT2D eigenvalue weighted by molar-refractivity contribution is -0.155. The van der Waals surface area contributed by atoms with Crippen LogP contribution in [0.25, 0.3) is 0 Å². The van der Waals surface area contributed by atoms with Gasteiger partial charge in [0.05, 0.1) is 0 Å². The van der Waals surface area contributed by atoms with Crippen molar-refractivity contribution < 1.29 is 23.8 Å². The van der Waals surface area contributed by atoms with Crippen LogP contribution in [0.1, 0.15) is 329 Å². The van der Waals surface area contributed by atoms with Crippen molar-refractivity contribution in [2.75, 3.05) is 19.8 Å². The van der Waals surface area contributed by atoms with Crippen LogP contribution in [0.15, 0.2) is 48.6 Å². The van der Waals surface area contributed by atoms with Gasteiger partial charge in [-0.25, -0.2) is 0 Å². The molecule has 5 nitrogen and oxygen atoms in total. The van der Waals surface area contributed by atoms with Crippen LogP contribution < -0.4 is 0 Å². The van der Waals surface area contributed by atoms with Crippen LogP contribution in [-0.4, -0.2) is 37.9 Å². The van der Waals surface area contributed by atoms with Gasteiger partial charge in [0, 0.05) is 19.4 Å². The lowest BCUT2D eigenvalue weighted by Gasteiger charge is -2.18. The van der Waals surface area contributed by atoms with Crippen LogP contribution in [0, 0.1) is 0 Å². The van der Waals surface area contributed by atoms with E-state index in [1.807, 2.05) is 0 Å². The number of rotatable bonds is 58. The first kappa shape index (κ1) is 67.9. The number of carbonyl (C=O) groups excluding carboxylic acids is 2. The van der Waals surface area contributed by atoms with Crippen LogP contribution in [-0.2, 0) is 23.8 Å². The summed E-state index contributed by atoms with van der Waals surface area (Å²) in [6.45, 7) is 7.66. The molecule has 0 aromatic rings. The lowest BCUT2D eigenvalue weighted by Crippen LogP contribution is -2.29. The number of allylic oxidation sites excluding steroid dienone is 8. The maximum atomic E-state index is 12.7. The predicted octanol–water partition coefficient (Wildman–Crippen LogP) is 21.5. The van der Waals surface area contributed by atoms with Gasteiger partial charge in [-0.2, -0.15) is 0 Å². The van der Waals surface area contributed by atoms with Crippen molar-refractivity contribution in [3.8, 4) is 0 Å². The molecule has 0 heterocycles. The Labute approximate surface area is 437 Å². The van der Waals surface area contributed by atoms with Crippen LogP contribution in [0.2, 0.25) is 0 Å². The van der Waals surface area contributed by atoms with E-state index in [1.165, 1.54) is 212 Å². The zero-order valence-electron chi connectivity index (χ0n) is 47.3. The smallest absolute Gasteiger partial charge is 0.305 e. The minimum absolute atomic E-state index is 0.149. The Hall–Kier alpha value is -2.14. The number of hydrogen-bond donors (Lipinski definition) is 0. The van der Waals surface area contributed by atoms with Gasteiger partial charge in [-0.1, -0.05) is 307 Å². The van der Waals surface area contributed by atoms with E-state index < -0.39 is 6.10 Å². The number of unbranched alkanes of at least 4 members (excludes halogenated alkanes) is 39. The van der Waals surface area contributed by atoms with Gasteiger partial charge >= 0.3 is 11.9 Å². The molecule has 0 aliphatic rings. The maximum absolute atomic E-state index is 12.7. The number of ether oxygens (including phenoxy) is 3. The average molecular weight is 982 g/mol. The van der Waals surface area contributed by atoms with Gasteiger partial charge in [-0.15, -0.1) is 0 Å². The molecule has 0 aliphatic carbocycles. The Kier molecular flexibility index (Phi) is 59.3. The number of esters is 2. The van der Waals surface area contributed by atoms with Gasteiger partial charge in [-0.05, 0) is 57.8 Å². The predicted molar refractivity (Wildman–Crippen MR) is 307 cm³/mol. The van der Waals surface area contributed by atoms with Gasteiger partial charge < -0.3 is 14.2 Å². The molecule has 0 saturated carbocycles. The summed E-state index contributed by atoms with van der Waals surface area (Å²) in [6.07, 6.45) is 77.4. The van der Waals surface area contributed by atoms with Crippen LogP contribution in [0.3, 0.4) is 0 Å². The summed E-state index contributed by atoms with van der Waals surface area (Å²) in [5.74, 6) is -0.341. The quantitative estimate of drug-likeness (QED) is 0.0345. The molecule has 0 spiro atoms. The highest BCUT2D eigenvalue weighted by atomic mass is 16.6. The second kappa shape index (κ2) is 61.2. The molecule has 0 rings (SSSR count). The Morgan fingerprint density at radius 3 is 0.914 bits per heavy atom. The fourth-order valence-electron chi connectivity index (χ4n) is 9.24. The molecule has 1 atom stereocenters. The molecular weight excluding hydrogens is 861 g/mol. The van der Waals surface area contributed by atoms with Gasteiger partial charge in [0.2, 0.25) is 0 Å². The zero-order chi connectivity index (χ0) is 50.6. The summed E-state index contributed by atoms with van der Waals surface area (Å²) in [7, 11) is 0. The third kappa shape index (κ3) is 58.4. The molecule has 0 N–H and O–H groups in total. The van der Waals surface area contributed by atoms with E-state index in [4.69, 9.17) is 14.2 Å². The summed E-state index contributed by atoms with van der Waals surface area (Å²) in [4.78, 5) is 25.4. The highest BCUT2D eigenvalue weighted by molar-refractivity contribution is 5.69. The van der Waals surface area contributed by atoms with E-state index in [-0.39, 0.29) is 25.2 Å². The molecule has 5 heteroatoms. The van der Waals surface area contributed by atoms with E-state index in [0.717, 1.165) is 83.5 Å². The minimum Gasteiger partial charge on any atom is -0.463 e. The van der Waals surface area contributed by atoms with Crippen molar-refractivity contribution in [2.45, 2.75) is 335 Å². The van der Waals surface area contributed by atoms with Crippen LogP contribution in [0.5, 0.6) is 0 Å². The van der Waals surface area contributed by atoms with Crippen LogP contribution in [0.4, 0.5) is 0 Å². The highest BCUT2D eigenvalue weighted by Crippen LogP contribution is 2.17. The summed E-state index contributed by atoms with van der Waals surface area (Å²) in [5.41, 5.74) is 0. The molecule has 0 unspecified atom stereocenters. The van der Waals surface area contributed by atoms with Crippen molar-refractivity contribution >= 4 is 11.9 Å². The van der Waals surface area contributed by atoms with Gasteiger partial charge in [0.25, 0.3) is 0 Å². The molecule has 0 amide bonds. The van der Waals surface area contributed by atoms with Crippen LogP contribution >= 0.6 is 0 Å². The molecule has 0 bridgehead atoms. The second-order valence-electron chi connectivity index (χ2n) is 20.9. The topological polar surface area (TPSA) is 61.8 Å². The summed E-state index contributed by atoms with van der Waals surface area (Å²) < 4.78 is 17.5. The summed E-state index contributed by atoms with van der Waals surface area (Å²) in [5, 5.41) is 0. The second-order valence-corrected chi connectivity index (χ2v) is 20.9. The first-order valence-corrected chi connectivity index (χ1v) is 31.2. The molecule has 0 saturated heterocycles. The van der Waals surface area contributed by atoms with Gasteiger partial charge in [-0.3, -0.25) is 9.59 Å². The lowest BCUT2D eigenvalue weighted by atomic mass is 10.0. The van der Waals surface area contributed by atoms with Gasteiger partial charge in [0.15, 0.2) is 0 Å². The average Bonchev–Trinajstić information content (AvgIpc) is 3.36.